The van der Waals surface area contributed by atoms with E-state index in [1.165, 1.54) is 12.1 Å². The molecule has 3 rings (SSSR count). The molecule has 0 amide bonds. The molecule has 1 nitrogen and oxygen atoms in total. The lowest BCUT2D eigenvalue weighted by atomic mass is 9.97. The van der Waals surface area contributed by atoms with E-state index < -0.39 is 17.5 Å². The Kier molecular flexibility index (Phi) is 4.21. The van der Waals surface area contributed by atoms with Crippen LogP contribution in [-0.2, 0) is 6.18 Å². The van der Waals surface area contributed by atoms with Gasteiger partial charge >= 0.3 is 6.18 Å². The average Bonchev–Trinajstić information content (AvgIpc) is 2.61. The van der Waals surface area contributed by atoms with Crippen LogP contribution in [0, 0.1) is 0 Å². The Morgan fingerprint density at radius 2 is 1.25 bits per heavy atom. The molecule has 0 radical (unpaired) electrons. The fourth-order valence-corrected chi connectivity index (χ4v) is 2.47. The van der Waals surface area contributed by atoms with Crippen molar-refractivity contribution in [1.29, 1.82) is 0 Å². The molecule has 3 aromatic carbocycles. The molecule has 24 heavy (non-hydrogen) atoms. The largest absolute Gasteiger partial charge is 0.416 e. The van der Waals surface area contributed by atoms with E-state index in [1.54, 1.807) is 18.2 Å². The normalized spacial score (nSPS) is 11.3. The van der Waals surface area contributed by atoms with Gasteiger partial charge in [0, 0.05) is 11.1 Å². The van der Waals surface area contributed by atoms with Gasteiger partial charge in [-0.1, -0.05) is 60.7 Å². The quantitative estimate of drug-likeness (QED) is 0.572. The van der Waals surface area contributed by atoms with Crippen molar-refractivity contribution in [3.63, 3.8) is 0 Å². The molecule has 0 fully saturated rings. The molecule has 0 atom stereocenters. The second-order valence-corrected chi connectivity index (χ2v) is 5.35. The SMILES string of the molecule is O=C(c1cccc(-c2ccccc2)c1)c1cccc(C(F)(F)F)c1. The summed E-state index contributed by atoms with van der Waals surface area (Å²) >= 11 is 0. The number of benzene rings is 3. The van der Waals surface area contributed by atoms with E-state index in [0.29, 0.717) is 5.56 Å². The lowest BCUT2D eigenvalue weighted by Gasteiger charge is -2.09. The molecular weight excluding hydrogens is 313 g/mol. The van der Waals surface area contributed by atoms with Gasteiger partial charge in [-0.3, -0.25) is 4.79 Å². The van der Waals surface area contributed by atoms with Crippen LogP contribution in [0.2, 0.25) is 0 Å². The molecule has 120 valence electrons. The van der Waals surface area contributed by atoms with Crippen LogP contribution in [-0.4, -0.2) is 5.78 Å². The van der Waals surface area contributed by atoms with Crippen LogP contribution in [0.3, 0.4) is 0 Å². The van der Waals surface area contributed by atoms with Gasteiger partial charge in [0.2, 0.25) is 0 Å². The van der Waals surface area contributed by atoms with Crippen LogP contribution in [0.15, 0.2) is 78.9 Å². The van der Waals surface area contributed by atoms with Gasteiger partial charge in [-0.2, -0.15) is 13.2 Å². The smallest absolute Gasteiger partial charge is 0.289 e. The van der Waals surface area contributed by atoms with Crippen molar-refractivity contribution in [2.75, 3.05) is 0 Å². The number of carbonyl (C=O) groups is 1. The van der Waals surface area contributed by atoms with Crippen LogP contribution in [0.5, 0.6) is 0 Å². The Morgan fingerprint density at radius 3 is 1.92 bits per heavy atom. The molecule has 0 spiro atoms. The lowest BCUT2D eigenvalue weighted by molar-refractivity contribution is -0.137. The number of rotatable bonds is 3. The summed E-state index contributed by atoms with van der Waals surface area (Å²) in [5.41, 5.74) is 1.34. The van der Waals surface area contributed by atoms with E-state index in [0.717, 1.165) is 23.3 Å². The van der Waals surface area contributed by atoms with Gasteiger partial charge in [0.1, 0.15) is 0 Å². The Balaban J connectivity index is 1.97. The topological polar surface area (TPSA) is 17.1 Å². The predicted octanol–water partition coefficient (Wildman–Crippen LogP) is 5.60. The zero-order valence-electron chi connectivity index (χ0n) is 12.5. The number of carbonyl (C=O) groups excluding carboxylic acids is 1. The van der Waals surface area contributed by atoms with Gasteiger partial charge in [-0.25, -0.2) is 0 Å². The number of alkyl halides is 3. The molecule has 0 heterocycles. The third-order valence-corrected chi connectivity index (χ3v) is 3.68. The van der Waals surface area contributed by atoms with Crippen LogP contribution in [0.4, 0.5) is 13.2 Å². The summed E-state index contributed by atoms with van der Waals surface area (Å²) in [7, 11) is 0. The summed E-state index contributed by atoms with van der Waals surface area (Å²) in [4.78, 5) is 12.5. The number of ketones is 1. The highest BCUT2D eigenvalue weighted by molar-refractivity contribution is 6.09. The highest BCUT2D eigenvalue weighted by atomic mass is 19.4. The van der Waals surface area contributed by atoms with Crippen molar-refractivity contribution < 1.29 is 18.0 Å². The van der Waals surface area contributed by atoms with E-state index in [4.69, 9.17) is 0 Å². The Labute approximate surface area is 137 Å². The Bertz CT molecular complexity index is 867. The summed E-state index contributed by atoms with van der Waals surface area (Å²) < 4.78 is 38.4. The van der Waals surface area contributed by atoms with E-state index in [1.807, 2.05) is 36.4 Å². The van der Waals surface area contributed by atoms with E-state index >= 15 is 0 Å². The predicted molar refractivity (Wildman–Crippen MR) is 86.8 cm³/mol. The van der Waals surface area contributed by atoms with Crippen molar-refractivity contribution in [3.05, 3.63) is 95.6 Å². The fourth-order valence-electron chi connectivity index (χ4n) is 2.47. The van der Waals surface area contributed by atoms with Gasteiger partial charge in [-0.15, -0.1) is 0 Å². The molecule has 0 saturated carbocycles. The standard InChI is InChI=1S/C20H13F3O/c21-20(22,23)18-11-5-10-17(13-18)19(24)16-9-4-8-15(12-16)14-6-2-1-3-7-14/h1-13H. The third kappa shape index (κ3) is 3.38. The van der Waals surface area contributed by atoms with E-state index in [-0.39, 0.29) is 5.56 Å². The molecule has 0 aromatic heterocycles. The molecule has 0 unspecified atom stereocenters. The number of hydrogen-bond acceptors (Lipinski definition) is 1. The minimum atomic E-state index is -4.47. The summed E-state index contributed by atoms with van der Waals surface area (Å²) in [6.45, 7) is 0. The van der Waals surface area contributed by atoms with Gasteiger partial charge in [0.05, 0.1) is 5.56 Å². The van der Waals surface area contributed by atoms with Crippen LogP contribution < -0.4 is 0 Å². The molecular formula is C20H13F3O. The minimum Gasteiger partial charge on any atom is -0.289 e. The van der Waals surface area contributed by atoms with Gasteiger partial charge in [0.25, 0.3) is 0 Å². The van der Waals surface area contributed by atoms with Crippen molar-refractivity contribution in [1.82, 2.24) is 0 Å². The number of halogens is 3. The molecule has 0 aliphatic rings. The maximum Gasteiger partial charge on any atom is 0.416 e. The van der Waals surface area contributed by atoms with Crippen LogP contribution in [0.25, 0.3) is 11.1 Å². The first-order chi connectivity index (χ1) is 11.4. The highest BCUT2D eigenvalue weighted by Gasteiger charge is 2.30. The third-order valence-electron chi connectivity index (χ3n) is 3.68. The van der Waals surface area contributed by atoms with E-state index in [9.17, 15) is 18.0 Å². The second kappa shape index (κ2) is 6.32. The molecule has 0 N–H and O–H groups in total. The summed E-state index contributed by atoms with van der Waals surface area (Å²) in [5.74, 6) is -0.432. The van der Waals surface area contributed by atoms with Gasteiger partial charge < -0.3 is 0 Å². The Hall–Kier alpha value is -2.88. The van der Waals surface area contributed by atoms with Gasteiger partial charge in [0.15, 0.2) is 5.78 Å². The van der Waals surface area contributed by atoms with Gasteiger partial charge in [-0.05, 0) is 29.3 Å². The first-order valence-corrected chi connectivity index (χ1v) is 7.32. The Morgan fingerprint density at radius 1 is 0.667 bits per heavy atom. The monoisotopic (exact) mass is 326 g/mol. The molecule has 0 saturated heterocycles. The maximum absolute atomic E-state index is 12.8. The fraction of sp³-hybridized carbons (Fsp3) is 0.0500. The van der Waals surface area contributed by atoms with Crippen molar-refractivity contribution >= 4 is 5.78 Å². The lowest BCUT2D eigenvalue weighted by Crippen LogP contribution is -2.08. The van der Waals surface area contributed by atoms with Crippen molar-refractivity contribution in [2.24, 2.45) is 0 Å². The summed E-state index contributed by atoms with van der Waals surface area (Å²) in [5, 5.41) is 0. The van der Waals surface area contributed by atoms with Crippen molar-refractivity contribution in [3.8, 4) is 11.1 Å². The second-order valence-electron chi connectivity index (χ2n) is 5.35. The summed E-state index contributed by atoms with van der Waals surface area (Å²) in [6.07, 6.45) is -4.47. The number of hydrogen-bond donors (Lipinski definition) is 0. The summed E-state index contributed by atoms with van der Waals surface area (Å²) in [6, 6.07) is 20.9. The minimum absolute atomic E-state index is 0.0232. The maximum atomic E-state index is 12.8. The first-order valence-electron chi connectivity index (χ1n) is 7.32. The van der Waals surface area contributed by atoms with E-state index in [2.05, 4.69) is 0 Å². The molecule has 0 bridgehead atoms. The van der Waals surface area contributed by atoms with Crippen LogP contribution in [0.1, 0.15) is 21.5 Å². The average molecular weight is 326 g/mol. The van der Waals surface area contributed by atoms with Crippen molar-refractivity contribution in [2.45, 2.75) is 6.18 Å². The zero-order valence-corrected chi connectivity index (χ0v) is 12.5. The molecule has 0 aliphatic carbocycles. The van der Waals surface area contributed by atoms with Crippen LogP contribution >= 0.6 is 0 Å². The highest BCUT2D eigenvalue weighted by Crippen LogP contribution is 2.30. The molecule has 3 aromatic rings. The first kappa shape index (κ1) is 16.0. The molecule has 0 aliphatic heterocycles. The molecule has 4 heteroatoms. The zero-order chi connectivity index (χ0) is 17.2.